The van der Waals surface area contributed by atoms with E-state index in [1.807, 2.05) is 61.2 Å². The van der Waals surface area contributed by atoms with Gasteiger partial charge in [-0.1, -0.05) is 24.3 Å². The number of rotatable bonds is 14. The Morgan fingerprint density at radius 3 is 1.96 bits per heavy atom. The number of non-ortho nitro benzene ring substituents is 1. The summed E-state index contributed by atoms with van der Waals surface area (Å²) in [5, 5.41) is 11.4. The third-order valence-electron chi connectivity index (χ3n) is 9.10. The maximum atomic E-state index is 14.6. The van der Waals surface area contributed by atoms with Crippen molar-refractivity contribution < 1.29 is 22.0 Å². The van der Waals surface area contributed by atoms with E-state index in [0.717, 1.165) is 39.3 Å². The van der Waals surface area contributed by atoms with E-state index < -0.39 is 22.3 Å². The van der Waals surface area contributed by atoms with E-state index in [-0.39, 0.29) is 23.7 Å². The Morgan fingerprint density at radius 2 is 1.46 bits per heavy atom. The molecule has 0 amide bonds. The Balaban J connectivity index is 1.43. The number of aromatic nitrogens is 3. The first kappa shape index (κ1) is 37.9. The van der Waals surface area contributed by atoms with Gasteiger partial charge in [0.1, 0.15) is 0 Å². The van der Waals surface area contributed by atoms with Gasteiger partial charge in [-0.3, -0.25) is 42.9 Å². The average molecular weight is 750 g/mol. The van der Waals surface area contributed by atoms with Crippen molar-refractivity contribution >= 4 is 40.1 Å². The standard InChI is InChI=1S/C39H38BF2N7O4S/c1-27-23-29(3)45-38(27)37(39-28(2)24-30(4)48(39)40(41)42)31-11-13-34(14-12-31)47(54(52,53)36-17-15-35(16-18-36)49(50)51)22-21-46(25-32-9-5-7-19-43-32)26-33-10-6-8-20-44-33/h5-20,23-24H,21-22,25-26H2,1-4H3/b38-37-. The Kier molecular flexibility index (Phi) is 11.3. The lowest BCUT2D eigenvalue weighted by Crippen LogP contribution is -2.38. The summed E-state index contributed by atoms with van der Waals surface area (Å²) in [6.07, 6.45) is 5.28. The van der Waals surface area contributed by atoms with Gasteiger partial charge >= 0.3 is 7.40 Å². The number of nitrogens with zero attached hydrogens (tertiary/aromatic N) is 7. The molecule has 0 N–H and O–H groups in total. The fourth-order valence-corrected chi connectivity index (χ4v) is 8.10. The number of hydrogen-bond acceptors (Lipinski definition) is 8. The van der Waals surface area contributed by atoms with Crippen LogP contribution in [0.4, 0.5) is 20.0 Å². The van der Waals surface area contributed by atoms with E-state index in [1.54, 1.807) is 56.6 Å². The average Bonchev–Trinajstić information content (AvgIpc) is 3.64. The fraction of sp³-hybridized carbons (Fsp3) is 0.205. The summed E-state index contributed by atoms with van der Waals surface area (Å²) in [4.78, 5) is 26.4. The molecule has 1 aliphatic heterocycles. The van der Waals surface area contributed by atoms with Crippen LogP contribution in [0.1, 0.15) is 47.8 Å². The lowest BCUT2D eigenvalue weighted by atomic mass is 9.94. The molecule has 2 aromatic carbocycles. The van der Waals surface area contributed by atoms with Crippen LogP contribution in [0, 0.1) is 24.0 Å². The number of allylic oxidation sites excluding steroid dienone is 2. The number of anilines is 1. The van der Waals surface area contributed by atoms with E-state index in [2.05, 4.69) is 9.97 Å². The van der Waals surface area contributed by atoms with E-state index >= 15 is 0 Å². The molecule has 3 aromatic heterocycles. The van der Waals surface area contributed by atoms with Crippen LogP contribution in [0.2, 0.25) is 0 Å². The zero-order valence-electron chi connectivity index (χ0n) is 30.2. The normalized spacial score (nSPS) is 13.8. The second kappa shape index (κ2) is 16.1. The summed E-state index contributed by atoms with van der Waals surface area (Å²) in [5.41, 5.74) is 6.20. The van der Waals surface area contributed by atoms with Crippen LogP contribution in [0.5, 0.6) is 0 Å². The predicted molar refractivity (Wildman–Crippen MR) is 207 cm³/mol. The minimum atomic E-state index is -4.27. The van der Waals surface area contributed by atoms with Gasteiger partial charge in [-0.25, -0.2) is 8.42 Å². The van der Waals surface area contributed by atoms with Crippen LogP contribution in [0.15, 0.2) is 131 Å². The molecule has 11 nitrogen and oxygen atoms in total. The molecule has 0 aliphatic carbocycles. The van der Waals surface area contributed by atoms with Crippen molar-refractivity contribution in [2.45, 2.75) is 45.7 Å². The minimum absolute atomic E-state index is 0.00977. The molecule has 276 valence electrons. The molecule has 0 saturated carbocycles. The lowest BCUT2D eigenvalue weighted by Gasteiger charge is -2.29. The number of hydrogen-bond donors (Lipinski definition) is 0. The van der Waals surface area contributed by atoms with Crippen LogP contribution in [0.25, 0.3) is 5.57 Å². The monoisotopic (exact) mass is 749 g/mol. The second-order valence-corrected chi connectivity index (χ2v) is 14.9. The number of halogens is 2. The molecule has 0 unspecified atom stereocenters. The Labute approximate surface area is 313 Å². The van der Waals surface area contributed by atoms with Gasteiger partial charge < -0.3 is 4.48 Å². The highest BCUT2D eigenvalue weighted by molar-refractivity contribution is 7.92. The predicted octanol–water partition coefficient (Wildman–Crippen LogP) is 7.65. The molecule has 0 radical (unpaired) electrons. The van der Waals surface area contributed by atoms with Crippen LogP contribution < -0.4 is 4.31 Å². The molecule has 0 fully saturated rings. The molecular weight excluding hydrogens is 711 g/mol. The van der Waals surface area contributed by atoms with Gasteiger partial charge in [0, 0.05) is 73.4 Å². The van der Waals surface area contributed by atoms with Crippen molar-refractivity contribution in [3.8, 4) is 0 Å². The summed E-state index contributed by atoms with van der Waals surface area (Å²) >= 11 is 0. The van der Waals surface area contributed by atoms with Gasteiger partial charge in [-0.15, -0.1) is 0 Å². The maximum Gasteiger partial charge on any atom is 0.677 e. The van der Waals surface area contributed by atoms with Gasteiger partial charge in [0.05, 0.1) is 32.6 Å². The highest BCUT2D eigenvalue weighted by Crippen LogP contribution is 2.38. The molecule has 6 rings (SSSR count). The zero-order chi connectivity index (χ0) is 38.6. The highest BCUT2D eigenvalue weighted by atomic mass is 32.2. The number of sulfonamides is 1. The molecular formula is C39H38BF2N7O4S. The largest absolute Gasteiger partial charge is 0.677 e. The molecule has 0 atom stereocenters. The summed E-state index contributed by atoms with van der Waals surface area (Å²) < 4.78 is 60.2. The second-order valence-electron chi connectivity index (χ2n) is 13.0. The number of aliphatic imine (C=N–C) groups is 1. The minimum Gasteiger partial charge on any atom is -0.329 e. The molecule has 4 heterocycles. The third kappa shape index (κ3) is 8.22. The number of nitro benzene ring substituents is 1. The van der Waals surface area contributed by atoms with Crippen molar-refractivity contribution in [2.75, 3.05) is 17.4 Å². The Bertz CT molecular complexity index is 2310. The van der Waals surface area contributed by atoms with Crippen LogP contribution >= 0.6 is 0 Å². The van der Waals surface area contributed by atoms with Crippen molar-refractivity contribution in [1.29, 1.82) is 0 Å². The van der Waals surface area contributed by atoms with Crippen molar-refractivity contribution in [2.24, 2.45) is 4.99 Å². The van der Waals surface area contributed by atoms with Crippen LogP contribution in [-0.4, -0.2) is 58.9 Å². The zero-order valence-corrected chi connectivity index (χ0v) is 31.0. The van der Waals surface area contributed by atoms with Crippen molar-refractivity contribution in [3.63, 3.8) is 0 Å². The number of pyridine rings is 2. The van der Waals surface area contributed by atoms with Gasteiger partial charge in [-0.2, -0.15) is 0 Å². The first-order chi connectivity index (χ1) is 25.8. The first-order valence-corrected chi connectivity index (χ1v) is 18.6. The summed E-state index contributed by atoms with van der Waals surface area (Å²) in [5.74, 6) is 0. The molecule has 54 heavy (non-hydrogen) atoms. The lowest BCUT2D eigenvalue weighted by molar-refractivity contribution is -0.384. The van der Waals surface area contributed by atoms with Gasteiger partial charge in [0.15, 0.2) is 0 Å². The van der Waals surface area contributed by atoms with Crippen molar-refractivity contribution in [1.82, 2.24) is 19.3 Å². The van der Waals surface area contributed by atoms with Gasteiger partial charge in [0.2, 0.25) is 0 Å². The number of nitro groups is 1. The fourth-order valence-electron chi connectivity index (χ4n) is 6.64. The van der Waals surface area contributed by atoms with E-state index in [1.165, 1.54) is 16.4 Å². The Hall–Kier alpha value is -5.80. The molecule has 0 saturated heterocycles. The third-order valence-corrected chi connectivity index (χ3v) is 10.9. The molecule has 1 aliphatic rings. The summed E-state index contributed by atoms with van der Waals surface area (Å²) in [7, 11) is -7.07. The van der Waals surface area contributed by atoms with Crippen LogP contribution in [-0.2, 0) is 23.1 Å². The highest BCUT2D eigenvalue weighted by Gasteiger charge is 2.31. The SMILES string of the molecule is CC1=CC(C)=N/C1=C(/c1ccc(N(CCN(Cc2ccccn2)Cc2ccccn2)S(=O)(=O)c2ccc([N+](=O)[O-])cc2)cc1)c1c(C)cc(C)n1B(F)F. The van der Waals surface area contributed by atoms with Crippen molar-refractivity contribution in [3.05, 3.63) is 165 Å². The van der Waals surface area contributed by atoms with Crippen LogP contribution in [0.3, 0.4) is 0 Å². The smallest absolute Gasteiger partial charge is 0.329 e. The number of benzene rings is 2. The van der Waals surface area contributed by atoms with Gasteiger partial charge in [0.25, 0.3) is 15.7 Å². The molecule has 0 spiro atoms. The van der Waals surface area contributed by atoms with E-state index in [0.29, 0.717) is 52.6 Å². The number of aryl methyl sites for hydroxylation is 2. The summed E-state index contributed by atoms with van der Waals surface area (Å²) in [6, 6.07) is 24.4. The van der Waals surface area contributed by atoms with E-state index in [4.69, 9.17) is 4.99 Å². The first-order valence-electron chi connectivity index (χ1n) is 17.2. The maximum absolute atomic E-state index is 14.6. The Morgan fingerprint density at radius 1 is 0.852 bits per heavy atom. The summed E-state index contributed by atoms with van der Waals surface area (Å²) in [6.45, 7) is 8.20. The molecule has 0 bridgehead atoms. The molecule has 5 aromatic rings. The quantitative estimate of drug-likeness (QED) is 0.0649. The molecule has 15 heteroatoms. The van der Waals surface area contributed by atoms with Gasteiger partial charge in [-0.05, 0) is 105 Å². The topological polar surface area (TPSA) is 127 Å². The van der Waals surface area contributed by atoms with E-state index in [9.17, 15) is 27.2 Å².